The quantitative estimate of drug-likeness (QED) is 0.837. The Bertz CT molecular complexity index is 573. The van der Waals surface area contributed by atoms with E-state index < -0.39 is 0 Å². The first-order chi connectivity index (χ1) is 9.74. The van der Waals surface area contributed by atoms with E-state index in [1.165, 1.54) is 25.9 Å². The third-order valence-electron chi connectivity index (χ3n) is 4.19. The predicted molar refractivity (Wildman–Crippen MR) is 79.1 cm³/mol. The monoisotopic (exact) mass is 274 g/mol. The molecular formula is C16H22N2O2. The summed E-state index contributed by atoms with van der Waals surface area (Å²) in [6.45, 7) is 7.47. The van der Waals surface area contributed by atoms with Crippen LogP contribution in [0.2, 0.25) is 0 Å². The van der Waals surface area contributed by atoms with Crippen molar-refractivity contribution in [3.05, 3.63) is 23.9 Å². The van der Waals surface area contributed by atoms with Crippen LogP contribution in [-0.4, -0.2) is 35.8 Å². The van der Waals surface area contributed by atoms with Gasteiger partial charge in [-0.25, -0.2) is 0 Å². The Balaban J connectivity index is 1.54. The van der Waals surface area contributed by atoms with Crippen molar-refractivity contribution < 1.29 is 9.26 Å². The molecule has 0 spiro atoms. The van der Waals surface area contributed by atoms with Gasteiger partial charge in [-0.15, -0.1) is 0 Å². The van der Waals surface area contributed by atoms with Crippen molar-refractivity contribution in [2.45, 2.75) is 39.2 Å². The fraction of sp³-hybridized carbons (Fsp3) is 0.562. The summed E-state index contributed by atoms with van der Waals surface area (Å²) in [5.41, 5.74) is 1.72. The van der Waals surface area contributed by atoms with Crippen LogP contribution in [-0.2, 0) is 0 Å². The fourth-order valence-electron chi connectivity index (χ4n) is 2.85. The van der Waals surface area contributed by atoms with Gasteiger partial charge in [0.25, 0.3) is 0 Å². The topological polar surface area (TPSA) is 38.5 Å². The van der Waals surface area contributed by atoms with Gasteiger partial charge in [0, 0.05) is 17.5 Å². The summed E-state index contributed by atoms with van der Waals surface area (Å²) in [7, 11) is 0. The van der Waals surface area contributed by atoms with Crippen LogP contribution in [0.5, 0.6) is 5.75 Å². The first-order valence-electron chi connectivity index (χ1n) is 7.47. The van der Waals surface area contributed by atoms with E-state index in [4.69, 9.17) is 9.26 Å². The van der Waals surface area contributed by atoms with Gasteiger partial charge >= 0.3 is 0 Å². The van der Waals surface area contributed by atoms with E-state index in [0.717, 1.165) is 35.4 Å². The second-order valence-corrected chi connectivity index (χ2v) is 5.66. The minimum Gasteiger partial charge on any atom is -0.493 e. The summed E-state index contributed by atoms with van der Waals surface area (Å²) in [6, 6.07) is 6.54. The van der Waals surface area contributed by atoms with E-state index in [9.17, 15) is 0 Å². The van der Waals surface area contributed by atoms with E-state index in [1.807, 2.05) is 25.1 Å². The van der Waals surface area contributed by atoms with Crippen molar-refractivity contribution >= 4 is 11.0 Å². The predicted octanol–water partition coefficient (Wildman–Crippen LogP) is 3.39. The van der Waals surface area contributed by atoms with Crippen LogP contribution >= 0.6 is 0 Å². The zero-order valence-corrected chi connectivity index (χ0v) is 12.3. The number of likely N-dealkylation sites (tertiary alicyclic amines) is 1. The average Bonchev–Trinajstić information content (AvgIpc) is 3.09. The molecule has 0 bridgehead atoms. The SMILES string of the molecule is Cc1noc2cc(OCCC(C)N3CCCC3)ccc12. The number of benzene rings is 1. The number of fused-ring (bicyclic) bond motifs is 1. The molecule has 1 aromatic heterocycles. The largest absolute Gasteiger partial charge is 0.493 e. The standard InChI is InChI=1S/C16H22N2O2/c1-12(18-8-3-4-9-18)7-10-19-14-5-6-15-13(2)17-20-16(15)11-14/h5-6,11-12H,3-4,7-10H2,1-2H3. The molecule has 20 heavy (non-hydrogen) atoms. The molecule has 4 heteroatoms. The highest BCUT2D eigenvalue weighted by molar-refractivity contribution is 5.80. The Hall–Kier alpha value is -1.55. The molecule has 1 atom stereocenters. The molecule has 0 N–H and O–H groups in total. The molecule has 2 heterocycles. The molecule has 1 aliphatic heterocycles. The molecule has 0 saturated carbocycles. The highest BCUT2D eigenvalue weighted by atomic mass is 16.5. The van der Waals surface area contributed by atoms with Crippen molar-refractivity contribution in [2.75, 3.05) is 19.7 Å². The van der Waals surface area contributed by atoms with E-state index in [1.54, 1.807) is 0 Å². The van der Waals surface area contributed by atoms with Gasteiger partial charge in [-0.1, -0.05) is 5.16 Å². The maximum absolute atomic E-state index is 5.84. The molecule has 0 radical (unpaired) electrons. The molecule has 0 amide bonds. The summed E-state index contributed by atoms with van der Waals surface area (Å²) in [6.07, 6.45) is 3.74. The summed E-state index contributed by atoms with van der Waals surface area (Å²) >= 11 is 0. The zero-order chi connectivity index (χ0) is 13.9. The normalized spacial score (nSPS) is 17.7. The maximum Gasteiger partial charge on any atom is 0.170 e. The molecule has 0 aliphatic carbocycles. The zero-order valence-electron chi connectivity index (χ0n) is 12.3. The Labute approximate surface area is 119 Å². The smallest absolute Gasteiger partial charge is 0.170 e. The summed E-state index contributed by atoms with van der Waals surface area (Å²) in [5, 5.41) is 5.02. The van der Waals surface area contributed by atoms with Gasteiger partial charge in [-0.05, 0) is 58.3 Å². The van der Waals surface area contributed by atoms with Gasteiger partial charge in [0.1, 0.15) is 5.75 Å². The van der Waals surface area contributed by atoms with Crippen molar-refractivity contribution in [2.24, 2.45) is 0 Å². The second-order valence-electron chi connectivity index (χ2n) is 5.66. The van der Waals surface area contributed by atoms with Crippen LogP contribution in [0, 0.1) is 6.92 Å². The fourth-order valence-corrected chi connectivity index (χ4v) is 2.85. The van der Waals surface area contributed by atoms with Gasteiger partial charge in [-0.3, -0.25) is 0 Å². The molecule has 2 aromatic rings. The molecule has 1 aromatic carbocycles. The summed E-state index contributed by atoms with van der Waals surface area (Å²) < 4.78 is 11.1. The lowest BCUT2D eigenvalue weighted by Crippen LogP contribution is -2.31. The van der Waals surface area contributed by atoms with Crippen molar-refractivity contribution in [3.8, 4) is 5.75 Å². The summed E-state index contributed by atoms with van der Waals surface area (Å²) in [5.74, 6) is 0.863. The van der Waals surface area contributed by atoms with Crippen LogP contribution in [0.4, 0.5) is 0 Å². The molecule has 1 saturated heterocycles. The number of aryl methyl sites for hydroxylation is 1. The lowest BCUT2D eigenvalue weighted by atomic mass is 10.2. The molecular weight excluding hydrogens is 252 g/mol. The van der Waals surface area contributed by atoms with Crippen LogP contribution in [0.3, 0.4) is 0 Å². The average molecular weight is 274 g/mol. The van der Waals surface area contributed by atoms with Crippen LogP contribution in [0.1, 0.15) is 31.9 Å². The number of ether oxygens (including phenoxy) is 1. The van der Waals surface area contributed by atoms with E-state index in [0.29, 0.717) is 6.04 Å². The maximum atomic E-state index is 5.84. The highest BCUT2D eigenvalue weighted by Crippen LogP contribution is 2.23. The summed E-state index contributed by atoms with van der Waals surface area (Å²) in [4.78, 5) is 2.55. The van der Waals surface area contributed by atoms with Crippen LogP contribution in [0.25, 0.3) is 11.0 Å². The molecule has 108 valence electrons. The van der Waals surface area contributed by atoms with Gasteiger partial charge < -0.3 is 14.2 Å². The molecule has 4 nitrogen and oxygen atoms in total. The lowest BCUT2D eigenvalue weighted by molar-refractivity contribution is 0.206. The van der Waals surface area contributed by atoms with E-state index >= 15 is 0 Å². The Morgan fingerprint density at radius 1 is 1.35 bits per heavy atom. The Kier molecular flexibility index (Phi) is 3.92. The van der Waals surface area contributed by atoms with Crippen molar-refractivity contribution in [3.63, 3.8) is 0 Å². The minimum atomic E-state index is 0.605. The van der Waals surface area contributed by atoms with E-state index in [2.05, 4.69) is 17.0 Å². The molecule has 1 fully saturated rings. The van der Waals surface area contributed by atoms with Gasteiger partial charge in [-0.2, -0.15) is 0 Å². The van der Waals surface area contributed by atoms with Crippen LogP contribution < -0.4 is 4.74 Å². The van der Waals surface area contributed by atoms with E-state index in [-0.39, 0.29) is 0 Å². The first-order valence-corrected chi connectivity index (χ1v) is 7.47. The first kappa shape index (κ1) is 13.4. The Morgan fingerprint density at radius 3 is 2.95 bits per heavy atom. The van der Waals surface area contributed by atoms with Crippen molar-refractivity contribution in [1.82, 2.24) is 10.1 Å². The highest BCUT2D eigenvalue weighted by Gasteiger charge is 2.17. The molecule has 3 rings (SSSR count). The number of rotatable bonds is 5. The lowest BCUT2D eigenvalue weighted by Gasteiger charge is -2.23. The van der Waals surface area contributed by atoms with Gasteiger partial charge in [0.15, 0.2) is 5.58 Å². The number of nitrogens with zero attached hydrogens (tertiary/aromatic N) is 2. The van der Waals surface area contributed by atoms with Gasteiger partial charge in [0.2, 0.25) is 0 Å². The molecule has 1 unspecified atom stereocenters. The third kappa shape index (κ3) is 2.80. The minimum absolute atomic E-state index is 0.605. The second kappa shape index (κ2) is 5.83. The number of aromatic nitrogens is 1. The number of hydrogen-bond donors (Lipinski definition) is 0. The Morgan fingerprint density at radius 2 is 2.15 bits per heavy atom. The molecule has 1 aliphatic rings. The van der Waals surface area contributed by atoms with Crippen LogP contribution in [0.15, 0.2) is 22.7 Å². The van der Waals surface area contributed by atoms with Crippen molar-refractivity contribution in [1.29, 1.82) is 0 Å². The third-order valence-corrected chi connectivity index (χ3v) is 4.19. The number of hydrogen-bond acceptors (Lipinski definition) is 4. The van der Waals surface area contributed by atoms with Gasteiger partial charge in [0.05, 0.1) is 12.3 Å².